The minimum Gasteiger partial charge on any atom is -0.103 e. The van der Waals surface area contributed by atoms with Gasteiger partial charge < -0.3 is 0 Å². The Balaban J connectivity index is 2.24. The molecule has 21 heavy (non-hydrogen) atoms. The van der Waals surface area contributed by atoms with Gasteiger partial charge in [-0.1, -0.05) is 58.8 Å². The smallest absolute Gasteiger partial charge is 0.0149 e. The number of hydrogen-bond donors (Lipinski definition) is 0. The summed E-state index contributed by atoms with van der Waals surface area (Å²) < 4.78 is 0. The van der Waals surface area contributed by atoms with E-state index < -0.39 is 0 Å². The van der Waals surface area contributed by atoms with E-state index in [0.717, 1.165) is 11.8 Å². The quantitative estimate of drug-likeness (QED) is 0.500. The van der Waals surface area contributed by atoms with Crippen LogP contribution in [0.3, 0.4) is 0 Å². The second kappa shape index (κ2) is 5.60. The van der Waals surface area contributed by atoms with Crippen LogP contribution in [0.1, 0.15) is 80.1 Å². The van der Waals surface area contributed by atoms with Crippen molar-refractivity contribution in [1.29, 1.82) is 0 Å². The molecular formula is C21H36. The first kappa shape index (κ1) is 16.8. The molecule has 0 bridgehead atoms. The second-order valence-electron chi connectivity index (χ2n) is 9.37. The maximum absolute atomic E-state index is 4.02. The summed E-state index contributed by atoms with van der Waals surface area (Å²) in [6, 6.07) is 0. The summed E-state index contributed by atoms with van der Waals surface area (Å²) >= 11 is 0. The number of allylic oxidation sites excluding steroid dienone is 3. The Kier molecular flexibility index (Phi) is 4.49. The van der Waals surface area contributed by atoms with Crippen LogP contribution in [-0.4, -0.2) is 0 Å². The summed E-state index contributed by atoms with van der Waals surface area (Å²) in [6.07, 6.45) is 12.8. The van der Waals surface area contributed by atoms with E-state index in [2.05, 4.69) is 60.3 Å². The van der Waals surface area contributed by atoms with Crippen LogP contribution in [0.15, 0.2) is 24.3 Å². The summed E-state index contributed by atoms with van der Waals surface area (Å²) in [7, 11) is 0. The Bertz CT molecular complexity index is 423. The highest BCUT2D eigenvalue weighted by Gasteiger charge is 2.51. The van der Waals surface area contributed by atoms with Crippen molar-refractivity contribution in [2.45, 2.75) is 80.1 Å². The molecule has 0 aromatic heterocycles. The van der Waals surface area contributed by atoms with Crippen molar-refractivity contribution in [1.82, 2.24) is 0 Å². The minimum absolute atomic E-state index is 0.272. The highest BCUT2D eigenvalue weighted by Crippen LogP contribution is 2.60. The zero-order valence-electron chi connectivity index (χ0n) is 15.3. The van der Waals surface area contributed by atoms with Gasteiger partial charge >= 0.3 is 0 Å². The molecule has 0 nitrogen and oxygen atoms in total. The largest absolute Gasteiger partial charge is 0.103 e. The van der Waals surface area contributed by atoms with Crippen molar-refractivity contribution in [2.24, 2.45) is 28.1 Å². The Labute approximate surface area is 133 Å². The first-order valence-electron chi connectivity index (χ1n) is 8.93. The molecule has 0 aromatic rings. The van der Waals surface area contributed by atoms with Gasteiger partial charge in [0.15, 0.2) is 0 Å². The van der Waals surface area contributed by atoms with Crippen molar-refractivity contribution >= 4 is 0 Å². The predicted octanol–water partition coefficient (Wildman–Crippen LogP) is 6.78. The van der Waals surface area contributed by atoms with Crippen LogP contribution in [0, 0.1) is 28.1 Å². The van der Waals surface area contributed by atoms with E-state index in [1.54, 1.807) is 5.57 Å². The summed E-state index contributed by atoms with van der Waals surface area (Å²) in [6.45, 7) is 18.7. The highest BCUT2D eigenvalue weighted by molar-refractivity contribution is 5.18. The molecule has 0 aliphatic heterocycles. The fraction of sp³-hybridized carbons (Fsp3) is 0.810. The first-order chi connectivity index (χ1) is 9.62. The fourth-order valence-corrected chi connectivity index (χ4v) is 5.31. The molecule has 3 atom stereocenters. The standard InChI is InChI=1S/C21H36/c1-8-19(3,4)15-12-17-16(2)10-11-18-20(5,6)13-9-14-21(17,18)7/h8,10,17-18H,1,9,11-15H2,2-7H3. The molecule has 120 valence electrons. The molecule has 2 rings (SSSR count). The van der Waals surface area contributed by atoms with Crippen molar-refractivity contribution in [3.05, 3.63) is 24.3 Å². The lowest BCUT2D eigenvalue weighted by atomic mass is 9.48. The zero-order chi connectivity index (χ0) is 15.9. The monoisotopic (exact) mass is 288 g/mol. The molecule has 0 spiro atoms. The molecule has 0 heterocycles. The molecular weight excluding hydrogens is 252 g/mol. The maximum atomic E-state index is 4.02. The normalized spacial score (nSPS) is 35.8. The molecule has 0 radical (unpaired) electrons. The van der Waals surface area contributed by atoms with Gasteiger partial charge in [-0.05, 0) is 67.1 Å². The third-order valence-corrected chi connectivity index (χ3v) is 6.93. The van der Waals surface area contributed by atoms with Crippen molar-refractivity contribution in [2.75, 3.05) is 0 Å². The third-order valence-electron chi connectivity index (χ3n) is 6.93. The van der Waals surface area contributed by atoms with Crippen LogP contribution < -0.4 is 0 Å². The second-order valence-corrected chi connectivity index (χ2v) is 9.37. The highest BCUT2D eigenvalue weighted by atomic mass is 14.6. The van der Waals surface area contributed by atoms with Crippen LogP contribution in [0.25, 0.3) is 0 Å². The van der Waals surface area contributed by atoms with Gasteiger partial charge in [-0.3, -0.25) is 0 Å². The van der Waals surface area contributed by atoms with Gasteiger partial charge in [0.2, 0.25) is 0 Å². The van der Waals surface area contributed by atoms with Crippen LogP contribution in [0.5, 0.6) is 0 Å². The Morgan fingerprint density at radius 3 is 2.57 bits per heavy atom. The lowest BCUT2D eigenvalue weighted by Crippen LogP contribution is -2.48. The first-order valence-corrected chi connectivity index (χ1v) is 8.93. The summed E-state index contributed by atoms with van der Waals surface area (Å²) in [5.74, 6) is 1.63. The lowest BCUT2D eigenvalue weighted by molar-refractivity contribution is -0.0410. The molecule has 0 N–H and O–H groups in total. The Morgan fingerprint density at radius 1 is 1.29 bits per heavy atom. The number of rotatable bonds is 4. The molecule has 1 fully saturated rings. The summed E-state index contributed by atoms with van der Waals surface area (Å²) in [4.78, 5) is 0. The van der Waals surface area contributed by atoms with Gasteiger partial charge in [-0.2, -0.15) is 0 Å². The molecule has 0 saturated heterocycles. The molecule has 0 aromatic carbocycles. The average molecular weight is 289 g/mol. The van der Waals surface area contributed by atoms with Gasteiger partial charge in [0.05, 0.1) is 0 Å². The van der Waals surface area contributed by atoms with E-state index >= 15 is 0 Å². The van der Waals surface area contributed by atoms with Gasteiger partial charge in [0, 0.05) is 0 Å². The van der Waals surface area contributed by atoms with Crippen molar-refractivity contribution < 1.29 is 0 Å². The van der Waals surface area contributed by atoms with Crippen LogP contribution in [0.2, 0.25) is 0 Å². The fourth-order valence-electron chi connectivity index (χ4n) is 5.31. The van der Waals surface area contributed by atoms with Crippen LogP contribution in [0.4, 0.5) is 0 Å². The van der Waals surface area contributed by atoms with Gasteiger partial charge in [-0.15, -0.1) is 6.58 Å². The summed E-state index contributed by atoms with van der Waals surface area (Å²) in [5, 5.41) is 0. The summed E-state index contributed by atoms with van der Waals surface area (Å²) in [5.41, 5.74) is 2.95. The van der Waals surface area contributed by atoms with E-state index in [4.69, 9.17) is 0 Å². The topological polar surface area (TPSA) is 0 Å². The molecule has 0 amide bonds. The number of fused-ring (bicyclic) bond motifs is 1. The predicted molar refractivity (Wildman–Crippen MR) is 94.3 cm³/mol. The zero-order valence-corrected chi connectivity index (χ0v) is 15.3. The lowest BCUT2D eigenvalue weighted by Gasteiger charge is -2.57. The van der Waals surface area contributed by atoms with Crippen LogP contribution in [-0.2, 0) is 0 Å². The molecule has 1 saturated carbocycles. The van der Waals surface area contributed by atoms with Crippen LogP contribution >= 0.6 is 0 Å². The van der Waals surface area contributed by atoms with E-state index in [9.17, 15) is 0 Å². The van der Waals surface area contributed by atoms with E-state index in [1.165, 1.54) is 38.5 Å². The molecule has 2 aliphatic carbocycles. The average Bonchev–Trinajstić information content (AvgIpc) is 2.36. The van der Waals surface area contributed by atoms with Crippen molar-refractivity contribution in [3.63, 3.8) is 0 Å². The SMILES string of the molecule is C=CC(C)(C)CCC1C(C)=CCC2C(C)(C)CCCC12C. The number of hydrogen-bond acceptors (Lipinski definition) is 0. The van der Waals surface area contributed by atoms with Gasteiger partial charge in [0.25, 0.3) is 0 Å². The van der Waals surface area contributed by atoms with Gasteiger partial charge in [0.1, 0.15) is 0 Å². The van der Waals surface area contributed by atoms with E-state index in [1.807, 2.05) is 0 Å². The maximum Gasteiger partial charge on any atom is -0.0149 e. The molecule has 2 aliphatic rings. The van der Waals surface area contributed by atoms with Gasteiger partial charge in [-0.25, -0.2) is 0 Å². The molecule has 0 heteroatoms. The van der Waals surface area contributed by atoms with E-state index in [0.29, 0.717) is 10.8 Å². The third kappa shape index (κ3) is 3.15. The minimum atomic E-state index is 0.272. The Morgan fingerprint density at radius 2 is 1.95 bits per heavy atom. The Hall–Kier alpha value is -0.520. The van der Waals surface area contributed by atoms with Crippen molar-refractivity contribution in [3.8, 4) is 0 Å². The van der Waals surface area contributed by atoms with E-state index in [-0.39, 0.29) is 5.41 Å². The molecule has 3 unspecified atom stereocenters.